The van der Waals surface area contributed by atoms with Crippen molar-refractivity contribution in [1.82, 2.24) is 14.8 Å². The number of hydrogen-bond acceptors (Lipinski definition) is 3. The van der Waals surface area contributed by atoms with Crippen LogP contribution in [0.25, 0.3) is 10.8 Å². The summed E-state index contributed by atoms with van der Waals surface area (Å²) in [5.74, 6) is 0.804. The molecular weight excluding hydrogens is 436 g/mol. The molecule has 1 fully saturated rings. The SMILES string of the molecule is Cc1ccc(C)c(CN2CCC(CNC(=O)Nc3cn(CC(C)C)c(=O)c4ccccc34)CC2)c1. The van der Waals surface area contributed by atoms with Crippen molar-refractivity contribution in [3.8, 4) is 0 Å². The first-order valence-electron chi connectivity index (χ1n) is 12.8. The average molecular weight is 475 g/mol. The minimum atomic E-state index is -0.220. The van der Waals surface area contributed by atoms with Gasteiger partial charge in [-0.1, -0.05) is 55.8 Å². The van der Waals surface area contributed by atoms with Crippen LogP contribution in [0, 0.1) is 25.7 Å². The topological polar surface area (TPSA) is 66.4 Å². The largest absolute Gasteiger partial charge is 0.338 e. The van der Waals surface area contributed by atoms with Gasteiger partial charge in [0.05, 0.1) is 5.69 Å². The van der Waals surface area contributed by atoms with Crippen LogP contribution in [0.5, 0.6) is 0 Å². The number of aryl methyl sites for hydroxylation is 2. The summed E-state index contributed by atoms with van der Waals surface area (Å²) in [6.07, 6.45) is 3.93. The highest BCUT2D eigenvalue weighted by atomic mass is 16.2. The number of likely N-dealkylation sites (tertiary alicyclic amines) is 1. The Labute approximate surface area is 208 Å². The van der Waals surface area contributed by atoms with Crippen molar-refractivity contribution >= 4 is 22.5 Å². The second-order valence-corrected chi connectivity index (χ2v) is 10.4. The van der Waals surface area contributed by atoms with Crippen LogP contribution in [0.2, 0.25) is 0 Å². The summed E-state index contributed by atoms with van der Waals surface area (Å²) >= 11 is 0. The summed E-state index contributed by atoms with van der Waals surface area (Å²) < 4.78 is 1.70. The van der Waals surface area contributed by atoms with Crippen molar-refractivity contribution in [1.29, 1.82) is 0 Å². The average Bonchev–Trinajstić information content (AvgIpc) is 2.83. The number of nitrogens with one attached hydrogen (secondary N) is 2. The van der Waals surface area contributed by atoms with Gasteiger partial charge in [0.2, 0.25) is 0 Å². The van der Waals surface area contributed by atoms with Gasteiger partial charge in [-0.2, -0.15) is 0 Å². The number of hydrogen-bond donors (Lipinski definition) is 2. The maximum Gasteiger partial charge on any atom is 0.319 e. The first kappa shape index (κ1) is 25.0. The van der Waals surface area contributed by atoms with E-state index in [0.717, 1.165) is 37.9 Å². The fraction of sp³-hybridized carbons (Fsp3) is 0.448. The van der Waals surface area contributed by atoms with E-state index in [1.807, 2.05) is 24.3 Å². The van der Waals surface area contributed by atoms with Gasteiger partial charge in [0.25, 0.3) is 5.56 Å². The minimum Gasteiger partial charge on any atom is -0.338 e. The van der Waals surface area contributed by atoms with Crippen molar-refractivity contribution in [2.75, 3.05) is 25.0 Å². The molecule has 1 aliphatic heterocycles. The Kier molecular flexibility index (Phi) is 7.91. The number of anilines is 1. The first-order chi connectivity index (χ1) is 16.8. The second-order valence-electron chi connectivity index (χ2n) is 10.4. The number of carbonyl (C=O) groups excluding carboxylic acids is 1. The highest BCUT2D eigenvalue weighted by molar-refractivity contribution is 6.00. The normalized spacial score (nSPS) is 15.0. The van der Waals surface area contributed by atoms with E-state index in [4.69, 9.17) is 0 Å². The second kappa shape index (κ2) is 11.1. The zero-order chi connectivity index (χ0) is 24.9. The van der Waals surface area contributed by atoms with Gasteiger partial charge in [0.15, 0.2) is 0 Å². The quantitative estimate of drug-likeness (QED) is 0.488. The fourth-order valence-electron chi connectivity index (χ4n) is 4.94. The molecular formula is C29H38N4O2. The predicted molar refractivity (Wildman–Crippen MR) is 144 cm³/mol. The number of nitrogens with zero attached hydrogens (tertiary/aromatic N) is 2. The van der Waals surface area contributed by atoms with E-state index in [-0.39, 0.29) is 11.6 Å². The summed E-state index contributed by atoms with van der Waals surface area (Å²) in [7, 11) is 0. The number of aromatic nitrogens is 1. The Morgan fingerprint density at radius 1 is 1.06 bits per heavy atom. The van der Waals surface area contributed by atoms with Crippen molar-refractivity contribution < 1.29 is 4.79 Å². The molecule has 4 rings (SSSR count). The summed E-state index contributed by atoms with van der Waals surface area (Å²) in [5.41, 5.74) is 4.72. The molecule has 0 radical (unpaired) electrons. The van der Waals surface area contributed by atoms with Crippen LogP contribution < -0.4 is 16.2 Å². The molecule has 6 nitrogen and oxygen atoms in total. The lowest BCUT2D eigenvalue weighted by atomic mass is 9.96. The third-order valence-corrected chi connectivity index (χ3v) is 6.96. The van der Waals surface area contributed by atoms with Gasteiger partial charge >= 0.3 is 6.03 Å². The van der Waals surface area contributed by atoms with Crippen LogP contribution in [-0.2, 0) is 13.1 Å². The third-order valence-electron chi connectivity index (χ3n) is 6.96. The molecule has 1 aromatic heterocycles. The van der Waals surface area contributed by atoms with Crippen LogP contribution in [0.3, 0.4) is 0 Å². The zero-order valence-corrected chi connectivity index (χ0v) is 21.4. The van der Waals surface area contributed by atoms with E-state index in [1.54, 1.807) is 10.8 Å². The number of carbonyl (C=O) groups is 1. The Morgan fingerprint density at radius 2 is 1.77 bits per heavy atom. The van der Waals surface area contributed by atoms with E-state index < -0.39 is 0 Å². The number of fused-ring (bicyclic) bond motifs is 1. The van der Waals surface area contributed by atoms with E-state index in [9.17, 15) is 9.59 Å². The number of amides is 2. The van der Waals surface area contributed by atoms with Gasteiger partial charge in [-0.25, -0.2) is 4.79 Å². The van der Waals surface area contributed by atoms with Gasteiger partial charge in [-0.15, -0.1) is 0 Å². The molecule has 0 bridgehead atoms. The highest BCUT2D eigenvalue weighted by Gasteiger charge is 2.20. The smallest absolute Gasteiger partial charge is 0.319 e. The molecule has 2 heterocycles. The van der Waals surface area contributed by atoms with E-state index >= 15 is 0 Å². The molecule has 6 heteroatoms. The number of benzene rings is 2. The van der Waals surface area contributed by atoms with Crippen LogP contribution in [0.1, 0.15) is 43.4 Å². The van der Waals surface area contributed by atoms with Gasteiger partial charge < -0.3 is 15.2 Å². The van der Waals surface area contributed by atoms with Crippen molar-refractivity contribution in [3.05, 3.63) is 75.7 Å². The molecule has 0 aliphatic carbocycles. The summed E-state index contributed by atoms with van der Waals surface area (Å²) in [4.78, 5) is 28.1. The van der Waals surface area contributed by atoms with Crippen molar-refractivity contribution in [2.24, 2.45) is 11.8 Å². The van der Waals surface area contributed by atoms with Crippen LogP contribution in [-0.4, -0.2) is 35.1 Å². The standard InChI is InChI=1S/C29H38N4O2/c1-20(2)17-33-19-27(25-7-5-6-8-26(25)28(33)34)31-29(35)30-16-23-11-13-32(14-12-23)18-24-15-21(3)9-10-22(24)4/h5-10,15,19-20,23H,11-14,16-18H2,1-4H3,(H2,30,31,35). The zero-order valence-electron chi connectivity index (χ0n) is 21.4. The molecule has 1 saturated heterocycles. The van der Waals surface area contributed by atoms with E-state index in [1.165, 1.54) is 16.7 Å². The first-order valence-corrected chi connectivity index (χ1v) is 12.8. The van der Waals surface area contributed by atoms with Crippen LogP contribution in [0.4, 0.5) is 10.5 Å². The molecule has 35 heavy (non-hydrogen) atoms. The van der Waals surface area contributed by atoms with Gasteiger partial charge in [0.1, 0.15) is 0 Å². The van der Waals surface area contributed by atoms with Crippen LogP contribution in [0.15, 0.2) is 53.5 Å². The lowest BCUT2D eigenvalue weighted by Crippen LogP contribution is -2.39. The maximum absolute atomic E-state index is 12.8. The number of urea groups is 1. The summed E-state index contributed by atoms with van der Waals surface area (Å²) in [6, 6.07) is 13.9. The molecule has 0 unspecified atom stereocenters. The predicted octanol–water partition coefficient (Wildman–Crippen LogP) is 5.31. The Bertz CT molecular complexity index is 1240. The Hall–Kier alpha value is -3.12. The molecule has 2 aromatic carbocycles. The Balaban J connectivity index is 1.32. The van der Waals surface area contributed by atoms with Crippen molar-refractivity contribution in [2.45, 2.75) is 53.6 Å². The van der Waals surface area contributed by atoms with Gasteiger partial charge in [0, 0.05) is 36.6 Å². The molecule has 0 saturated carbocycles. The van der Waals surface area contributed by atoms with E-state index in [0.29, 0.717) is 36.0 Å². The fourth-order valence-corrected chi connectivity index (χ4v) is 4.94. The monoisotopic (exact) mass is 474 g/mol. The van der Waals surface area contributed by atoms with Crippen LogP contribution >= 0.6 is 0 Å². The lowest BCUT2D eigenvalue weighted by Gasteiger charge is -2.32. The highest BCUT2D eigenvalue weighted by Crippen LogP contribution is 2.22. The number of piperidine rings is 1. The molecule has 186 valence electrons. The number of pyridine rings is 1. The van der Waals surface area contributed by atoms with E-state index in [2.05, 4.69) is 61.4 Å². The molecule has 0 atom stereocenters. The van der Waals surface area contributed by atoms with Gasteiger partial charge in [-0.3, -0.25) is 9.69 Å². The number of rotatable bonds is 7. The lowest BCUT2D eigenvalue weighted by molar-refractivity contribution is 0.175. The van der Waals surface area contributed by atoms with Gasteiger partial charge in [-0.05, 0) is 68.8 Å². The molecule has 0 spiro atoms. The molecule has 2 amide bonds. The Morgan fingerprint density at radius 3 is 2.49 bits per heavy atom. The summed E-state index contributed by atoms with van der Waals surface area (Å²) in [5, 5.41) is 7.46. The third kappa shape index (κ3) is 6.31. The molecule has 1 aliphatic rings. The molecule has 2 N–H and O–H groups in total. The summed E-state index contributed by atoms with van der Waals surface area (Å²) in [6.45, 7) is 12.8. The van der Waals surface area contributed by atoms with Crippen molar-refractivity contribution in [3.63, 3.8) is 0 Å². The molecule has 3 aromatic rings. The maximum atomic E-state index is 12.8. The minimum absolute atomic E-state index is 0.0205.